The molecule has 0 saturated heterocycles. The van der Waals surface area contributed by atoms with Gasteiger partial charge in [0.05, 0.1) is 6.42 Å². The number of rotatable bonds is 3. The lowest BCUT2D eigenvalue weighted by Gasteiger charge is -2.18. The van der Waals surface area contributed by atoms with E-state index in [1.807, 2.05) is 11.1 Å². The summed E-state index contributed by atoms with van der Waals surface area (Å²) >= 11 is 0. The van der Waals surface area contributed by atoms with Crippen molar-refractivity contribution in [3.05, 3.63) is 12.3 Å². The molecule has 1 aliphatic rings. The standard InChI is InChI=1S/C7H10N2O2/c10-7(11)2-5-9-4-1-3-8-6-9/h1,3-4H,2,5-6H2,(H,10,11). The van der Waals surface area contributed by atoms with E-state index >= 15 is 0 Å². The van der Waals surface area contributed by atoms with Crippen molar-refractivity contribution in [2.45, 2.75) is 6.42 Å². The average Bonchev–Trinajstić information content (AvgIpc) is 2.03. The Morgan fingerprint density at radius 1 is 1.73 bits per heavy atom. The van der Waals surface area contributed by atoms with E-state index in [1.54, 1.807) is 12.3 Å². The second kappa shape index (κ2) is 3.75. The molecule has 0 aromatic heterocycles. The fraction of sp³-hybridized carbons (Fsp3) is 0.429. The Balaban J connectivity index is 2.22. The number of aliphatic imine (C=N–C) groups is 1. The summed E-state index contributed by atoms with van der Waals surface area (Å²) in [6.07, 6.45) is 5.51. The van der Waals surface area contributed by atoms with E-state index in [0.29, 0.717) is 13.2 Å². The number of carbonyl (C=O) groups is 1. The Labute approximate surface area is 64.8 Å². The smallest absolute Gasteiger partial charge is 0.305 e. The molecule has 0 spiro atoms. The Kier molecular flexibility index (Phi) is 2.66. The summed E-state index contributed by atoms with van der Waals surface area (Å²) in [5.41, 5.74) is 0. The van der Waals surface area contributed by atoms with Crippen molar-refractivity contribution < 1.29 is 9.90 Å². The lowest BCUT2D eigenvalue weighted by atomic mass is 10.4. The minimum Gasteiger partial charge on any atom is -0.481 e. The minimum absolute atomic E-state index is 0.167. The maximum Gasteiger partial charge on any atom is 0.305 e. The predicted molar refractivity (Wildman–Crippen MR) is 41.5 cm³/mol. The van der Waals surface area contributed by atoms with Crippen molar-refractivity contribution in [2.75, 3.05) is 13.2 Å². The normalized spacial score (nSPS) is 15.5. The van der Waals surface area contributed by atoms with Crippen molar-refractivity contribution in [1.29, 1.82) is 0 Å². The van der Waals surface area contributed by atoms with Gasteiger partial charge >= 0.3 is 5.97 Å². The summed E-state index contributed by atoms with van der Waals surface area (Å²) in [5.74, 6) is -0.770. The van der Waals surface area contributed by atoms with Crippen LogP contribution in [0.5, 0.6) is 0 Å². The van der Waals surface area contributed by atoms with Gasteiger partial charge in [0, 0.05) is 19.0 Å². The highest BCUT2D eigenvalue weighted by Gasteiger charge is 2.02. The first-order valence-electron chi connectivity index (χ1n) is 3.41. The summed E-state index contributed by atoms with van der Waals surface area (Å²) in [5, 5.41) is 8.35. The van der Waals surface area contributed by atoms with Crippen LogP contribution in [0, 0.1) is 0 Å². The number of allylic oxidation sites excluding steroid dienone is 1. The Morgan fingerprint density at radius 3 is 3.09 bits per heavy atom. The first kappa shape index (κ1) is 7.78. The maximum atomic E-state index is 10.2. The van der Waals surface area contributed by atoms with Gasteiger partial charge in [-0.25, -0.2) is 0 Å². The lowest BCUT2D eigenvalue weighted by Crippen LogP contribution is -2.22. The van der Waals surface area contributed by atoms with Gasteiger partial charge in [0.15, 0.2) is 0 Å². The first-order chi connectivity index (χ1) is 5.29. The first-order valence-corrected chi connectivity index (χ1v) is 3.41. The fourth-order valence-corrected chi connectivity index (χ4v) is 0.805. The van der Waals surface area contributed by atoms with E-state index in [4.69, 9.17) is 5.11 Å². The lowest BCUT2D eigenvalue weighted by molar-refractivity contribution is -0.137. The minimum atomic E-state index is -0.770. The highest BCUT2D eigenvalue weighted by atomic mass is 16.4. The molecule has 1 heterocycles. The zero-order valence-electron chi connectivity index (χ0n) is 6.10. The Bertz CT molecular complexity index is 199. The molecule has 0 atom stereocenters. The van der Waals surface area contributed by atoms with Crippen LogP contribution in [0.15, 0.2) is 17.3 Å². The molecule has 0 fully saturated rings. The summed E-state index contributed by atoms with van der Waals surface area (Å²) in [6.45, 7) is 1.10. The van der Waals surface area contributed by atoms with Gasteiger partial charge in [-0.05, 0) is 6.08 Å². The number of hydrogen-bond acceptors (Lipinski definition) is 3. The van der Waals surface area contributed by atoms with E-state index in [2.05, 4.69) is 4.99 Å². The van der Waals surface area contributed by atoms with Crippen LogP contribution in [-0.2, 0) is 4.79 Å². The van der Waals surface area contributed by atoms with E-state index in [0.717, 1.165) is 0 Å². The van der Waals surface area contributed by atoms with Crippen molar-refractivity contribution in [1.82, 2.24) is 4.90 Å². The SMILES string of the molecule is O=C(O)CCN1C=CC=NC1. The highest BCUT2D eigenvalue weighted by Crippen LogP contribution is 1.96. The molecule has 4 nitrogen and oxygen atoms in total. The molecule has 1 aliphatic heterocycles. The molecular formula is C7H10N2O2. The molecule has 4 heteroatoms. The van der Waals surface area contributed by atoms with Gasteiger partial charge in [-0.1, -0.05) is 0 Å². The van der Waals surface area contributed by atoms with Crippen LogP contribution in [0.2, 0.25) is 0 Å². The van der Waals surface area contributed by atoms with Crippen LogP contribution >= 0.6 is 0 Å². The van der Waals surface area contributed by atoms with Crippen molar-refractivity contribution >= 4 is 12.2 Å². The van der Waals surface area contributed by atoms with Crippen LogP contribution < -0.4 is 0 Å². The van der Waals surface area contributed by atoms with Crippen molar-refractivity contribution in [2.24, 2.45) is 4.99 Å². The van der Waals surface area contributed by atoms with Crippen molar-refractivity contribution in [3.8, 4) is 0 Å². The molecule has 60 valence electrons. The third kappa shape index (κ3) is 2.84. The third-order valence-corrected chi connectivity index (χ3v) is 1.36. The number of aliphatic carboxylic acids is 1. The van der Waals surface area contributed by atoms with Gasteiger partial charge in [-0.3, -0.25) is 9.79 Å². The number of nitrogens with zero attached hydrogens (tertiary/aromatic N) is 2. The number of carboxylic acid groups (broad SMARTS) is 1. The van der Waals surface area contributed by atoms with Gasteiger partial charge in [-0.2, -0.15) is 0 Å². The van der Waals surface area contributed by atoms with Crippen LogP contribution in [-0.4, -0.2) is 35.4 Å². The van der Waals surface area contributed by atoms with Gasteiger partial charge in [0.1, 0.15) is 6.67 Å². The molecular weight excluding hydrogens is 144 g/mol. The van der Waals surface area contributed by atoms with Crippen LogP contribution in [0.1, 0.15) is 6.42 Å². The number of carboxylic acids is 1. The highest BCUT2D eigenvalue weighted by molar-refractivity contribution is 5.71. The molecule has 0 aliphatic carbocycles. The average molecular weight is 154 g/mol. The van der Waals surface area contributed by atoms with Crippen LogP contribution in [0.25, 0.3) is 0 Å². The molecule has 0 saturated carbocycles. The van der Waals surface area contributed by atoms with Gasteiger partial charge < -0.3 is 10.0 Å². The van der Waals surface area contributed by atoms with E-state index in [9.17, 15) is 4.79 Å². The monoisotopic (exact) mass is 154 g/mol. The van der Waals surface area contributed by atoms with Gasteiger partial charge in [0.2, 0.25) is 0 Å². The predicted octanol–water partition coefficient (Wildman–Crippen LogP) is 0.319. The zero-order valence-corrected chi connectivity index (χ0v) is 6.10. The third-order valence-electron chi connectivity index (χ3n) is 1.36. The summed E-state index contributed by atoms with van der Waals surface area (Å²) in [7, 11) is 0. The quantitative estimate of drug-likeness (QED) is 0.636. The number of hydrogen-bond donors (Lipinski definition) is 1. The molecule has 0 amide bonds. The van der Waals surface area contributed by atoms with Crippen LogP contribution in [0.3, 0.4) is 0 Å². The second-order valence-electron chi connectivity index (χ2n) is 2.27. The molecule has 0 unspecified atom stereocenters. The Morgan fingerprint density at radius 2 is 2.55 bits per heavy atom. The largest absolute Gasteiger partial charge is 0.481 e. The summed E-state index contributed by atoms with van der Waals surface area (Å²) in [6, 6.07) is 0. The molecule has 0 radical (unpaired) electrons. The van der Waals surface area contributed by atoms with E-state index in [-0.39, 0.29) is 6.42 Å². The van der Waals surface area contributed by atoms with E-state index < -0.39 is 5.97 Å². The Hall–Kier alpha value is -1.32. The molecule has 11 heavy (non-hydrogen) atoms. The van der Waals surface area contributed by atoms with E-state index in [1.165, 1.54) is 0 Å². The fourth-order valence-electron chi connectivity index (χ4n) is 0.805. The maximum absolute atomic E-state index is 10.2. The molecule has 1 rings (SSSR count). The summed E-state index contributed by atoms with van der Waals surface area (Å²) < 4.78 is 0. The molecule has 1 N–H and O–H groups in total. The summed E-state index contributed by atoms with van der Waals surface area (Å²) in [4.78, 5) is 16.0. The molecule has 0 aromatic carbocycles. The topological polar surface area (TPSA) is 52.9 Å². The van der Waals surface area contributed by atoms with Crippen molar-refractivity contribution in [3.63, 3.8) is 0 Å². The second-order valence-corrected chi connectivity index (χ2v) is 2.27. The zero-order chi connectivity index (χ0) is 8.10. The molecule has 0 aromatic rings. The van der Waals surface area contributed by atoms with Gasteiger partial charge in [-0.15, -0.1) is 0 Å². The van der Waals surface area contributed by atoms with Gasteiger partial charge in [0.25, 0.3) is 0 Å². The molecule has 0 bridgehead atoms. The van der Waals surface area contributed by atoms with Crippen LogP contribution in [0.4, 0.5) is 0 Å².